The van der Waals surface area contributed by atoms with Crippen LogP contribution in [-0.2, 0) is 0 Å². The molecule has 0 amide bonds. The molecule has 0 bridgehead atoms. The molecule has 1 saturated carbocycles. The molecule has 1 aliphatic rings. The average molecular weight is 653 g/mol. The standard InChI is InChI=1S/C9H12.C8H10.C7H8.C6H14P2.CH4.4Ar.B/c1-7-4-8(2)6-9(3)5-7;1-7-3-5-8(2)6-4-7;1-7-5-3-2-4-6-7;7-3-5-1-2-6(5)4-8;;;;;;/h4-6H,1-3H3;3-6H,1-2H3;2-6H,1H3;5-6H,1-4,7-8H2;1H4;;;;;/t;;;5-,6-;;;;;;/m...0....../s1. The van der Waals surface area contributed by atoms with E-state index in [0.717, 1.165) is 11.8 Å². The van der Waals surface area contributed by atoms with Gasteiger partial charge in [0.2, 0.25) is 0 Å². The van der Waals surface area contributed by atoms with Crippen LogP contribution in [0, 0.1) is 204 Å². The van der Waals surface area contributed by atoms with Crippen molar-refractivity contribution in [1.82, 2.24) is 0 Å². The van der Waals surface area contributed by atoms with Gasteiger partial charge in [-0.25, -0.2) is 0 Å². The summed E-state index contributed by atoms with van der Waals surface area (Å²) in [5.74, 6) is 2.08. The summed E-state index contributed by atoms with van der Waals surface area (Å²) in [4.78, 5) is 0. The maximum absolute atomic E-state index is 2.83. The van der Waals surface area contributed by atoms with Gasteiger partial charge in [-0.3, -0.25) is 0 Å². The molecule has 0 saturated heterocycles. The summed E-state index contributed by atoms with van der Waals surface area (Å²) in [5, 5.41) is 0. The van der Waals surface area contributed by atoms with Gasteiger partial charge in [-0.1, -0.05) is 114 Å². The fraction of sp³-hybridized carbons (Fsp3) is 0.419. The molecule has 217 valence electrons. The van der Waals surface area contributed by atoms with Crippen molar-refractivity contribution in [3.63, 3.8) is 0 Å². The molecule has 38 heavy (non-hydrogen) atoms. The summed E-state index contributed by atoms with van der Waals surface area (Å²) in [6, 6.07) is 25.3. The van der Waals surface area contributed by atoms with Crippen molar-refractivity contribution in [2.75, 3.05) is 12.3 Å². The molecule has 0 N–H and O–H groups in total. The average Bonchev–Trinajstić information content (AvgIpc) is 2.71. The van der Waals surface area contributed by atoms with E-state index in [1.807, 2.05) is 18.2 Å². The molecule has 0 aromatic heterocycles. The van der Waals surface area contributed by atoms with Crippen LogP contribution in [0.5, 0.6) is 0 Å². The van der Waals surface area contributed by atoms with Crippen LogP contribution >= 0.6 is 18.5 Å². The predicted octanol–water partition coefficient (Wildman–Crippen LogP) is 8.93. The zero-order valence-corrected chi connectivity index (χ0v) is 28.2. The Labute approximate surface area is 363 Å². The molecule has 3 aromatic carbocycles. The first kappa shape index (κ1) is 54.1. The molecule has 0 spiro atoms. The maximum Gasteiger partial charge on any atom is 0 e. The molecule has 4 rings (SSSR count). The van der Waals surface area contributed by atoms with Crippen LogP contribution < -0.4 is 0 Å². The third-order valence-corrected chi connectivity index (χ3v) is 6.92. The Morgan fingerprint density at radius 3 is 0.947 bits per heavy atom. The number of aryl methyl sites for hydroxylation is 6. The molecule has 4 atom stereocenters. The van der Waals surface area contributed by atoms with Crippen LogP contribution in [-0.4, -0.2) is 20.7 Å². The third kappa shape index (κ3) is 27.2. The van der Waals surface area contributed by atoms with E-state index in [1.54, 1.807) is 0 Å². The third-order valence-electron chi connectivity index (χ3n) is 5.71. The first-order valence-electron chi connectivity index (χ1n) is 11.7. The topological polar surface area (TPSA) is 0 Å². The Morgan fingerprint density at radius 1 is 0.500 bits per heavy atom. The van der Waals surface area contributed by atoms with Gasteiger partial charge in [0.05, 0.1) is 0 Å². The van der Waals surface area contributed by atoms with Crippen molar-refractivity contribution in [1.29, 1.82) is 0 Å². The number of rotatable bonds is 2. The van der Waals surface area contributed by atoms with Gasteiger partial charge in [-0.2, -0.15) is 0 Å². The second-order valence-corrected chi connectivity index (χ2v) is 9.99. The number of hydrogen-bond donors (Lipinski definition) is 0. The normalized spacial score (nSPS) is 13.6. The predicted molar refractivity (Wildman–Crippen MR) is 166 cm³/mol. The molecule has 0 aliphatic heterocycles. The second-order valence-electron chi connectivity index (χ2n) is 9.04. The van der Waals surface area contributed by atoms with Crippen molar-refractivity contribution in [2.45, 2.75) is 61.8 Å². The Kier molecular flexibility index (Phi) is 47.7. The summed E-state index contributed by atoms with van der Waals surface area (Å²) in [5.41, 5.74) is 8.04. The van der Waals surface area contributed by atoms with E-state index >= 15 is 0 Å². The van der Waals surface area contributed by atoms with E-state index in [9.17, 15) is 0 Å². The summed E-state index contributed by atoms with van der Waals surface area (Å²) in [6.07, 6.45) is 5.59. The molecule has 1 fully saturated rings. The van der Waals surface area contributed by atoms with Crippen LogP contribution in [0.1, 0.15) is 53.6 Å². The zero-order valence-electron chi connectivity index (χ0n) is 23.1. The number of benzene rings is 3. The Morgan fingerprint density at radius 2 is 0.763 bits per heavy atom. The smallest absolute Gasteiger partial charge is 0 e. The van der Waals surface area contributed by atoms with Gasteiger partial charge >= 0.3 is 0 Å². The largest absolute Gasteiger partial charge is 0.137 e. The minimum Gasteiger partial charge on any atom is -0.137 e. The molecule has 3 radical (unpaired) electrons. The monoisotopic (exact) mass is 653 g/mol. The Hall–Kier alpha value is 3.62. The maximum atomic E-state index is 2.83. The van der Waals surface area contributed by atoms with Crippen LogP contribution in [0.3, 0.4) is 0 Å². The van der Waals surface area contributed by atoms with Crippen LogP contribution in [0.25, 0.3) is 0 Å². The van der Waals surface area contributed by atoms with E-state index in [-0.39, 0.29) is 167 Å². The summed E-state index contributed by atoms with van der Waals surface area (Å²) in [6.45, 7) is 12.7. The molecule has 7 heteroatoms. The van der Waals surface area contributed by atoms with Crippen molar-refractivity contribution >= 4 is 26.9 Å². The van der Waals surface area contributed by atoms with Gasteiger partial charge in [0, 0.05) is 159 Å². The molecule has 1 aliphatic carbocycles. The Bertz CT molecular complexity index is 809. The molecule has 0 nitrogen and oxygen atoms in total. The van der Waals surface area contributed by atoms with E-state index in [0.29, 0.717) is 0 Å². The minimum atomic E-state index is 0. The Balaban J connectivity index is -0.0000000856. The first-order valence-corrected chi connectivity index (χ1v) is 13.4. The quantitative estimate of drug-likeness (QED) is 0.192. The van der Waals surface area contributed by atoms with E-state index < -0.39 is 0 Å². The van der Waals surface area contributed by atoms with E-state index in [4.69, 9.17) is 0 Å². The first-order chi connectivity index (χ1) is 15.2. The molecular formula is C31H48Ar4BP2. The van der Waals surface area contributed by atoms with Crippen molar-refractivity contribution < 1.29 is 151 Å². The summed E-state index contributed by atoms with van der Waals surface area (Å²) in [7, 11) is 5.67. The van der Waals surface area contributed by atoms with Gasteiger partial charge < -0.3 is 0 Å². The van der Waals surface area contributed by atoms with Gasteiger partial charge in [0.15, 0.2) is 0 Å². The van der Waals surface area contributed by atoms with Crippen molar-refractivity contribution in [3.05, 3.63) is 106 Å². The SMILES string of the molecule is C.Cc1cc(C)cc(C)c1.Cc1ccc(C)cc1.Cc1ccccc1.PC[C@@H]1CC[C@H]1CP.[Ar].[Ar].[Ar].[Ar].[B]. The van der Waals surface area contributed by atoms with Crippen molar-refractivity contribution in [2.24, 2.45) is 11.8 Å². The molecular weight excluding hydrogens is 605 g/mol. The van der Waals surface area contributed by atoms with E-state index in [1.165, 1.54) is 58.5 Å². The van der Waals surface area contributed by atoms with Gasteiger partial charge in [0.1, 0.15) is 0 Å². The van der Waals surface area contributed by atoms with E-state index in [2.05, 4.69) is 115 Å². The van der Waals surface area contributed by atoms with Crippen LogP contribution in [0.2, 0.25) is 0 Å². The molecule has 3 aromatic rings. The van der Waals surface area contributed by atoms with Crippen LogP contribution in [0.4, 0.5) is 0 Å². The molecule has 2 unspecified atom stereocenters. The summed E-state index contributed by atoms with van der Waals surface area (Å²) < 4.78 is 0. The number of hydrogen-bond acceptors (Lipinski definition) is 0. The van der Waals surface area contributed by atoms with Gasteiger partial charge in [-0.15, -0.1) is 18.5 Å². The fourth-order valence-corrected chi connectivity index (χ4v) is 4.87. The fourth-order valence-electron chi connectivity index (χ4n) is 3.63. The van der Waals surface area contributed by atoms with Crippen molar-refractivity contribution in [3.8, 4) is 0 Å². The van der Waals surface area contributed by atoms with Crippen LogP contribution in [0.15, 0.2) is 72.8 Å². The minimum absolute atomic E-state index is 0. The molecule has 0 heterocycles. The summed E-state index contributed by atoms with van der Waals surface area (Å²) >= 11 is 0. The van der Waals surface area contributed by atoms with Gasteiger partial charge in [0.25, 0.3) is 0 Å². The zero-order chi connectivity index (χ0) is 23.9. The second kappa shape index (κ2) is 33.5. The van der Waals surface area contributed by atoms with Gasteiger partial charge in [-0.05, 0) is 78.5 Å².